The van der Waals surface area contributed by atoms with Crippen LogP contribution in [0.15, 0.2) is 52.9 Å². The molecule has 10 heteroatoms. The smallest absolute Gasteiger partial charge is 0.259 e. The molecule has 0 unspecified atom stereocenters. The topological polar surface area (TPSA) is 92.3 Å². The molecule has 0 fully saturated rings. The number of halogens is 1. The molecule has 0 aliphatic rings. The van der Waals surface area contributed by atoms with Gasteiger partial charge in [-0.05, 0) is 24.3 Å². The molecule has 3 aromatic rings. The molecule has 2 aromatic heterocycles. The van der Waals surface area contributed by atoms with Crippen LogP contribution in [-0.2, 0) is 10.0 Å². The van der Waals surface area contributed by atoms with E-state index in [1.54, 1.807) is 23.6 Å². The molecule has 140 valence electrons. The SMILES string of the molecule is CN(C)S(=O)(=O)c1ccc(-c2csc(NC(=O)c3ccc(Cl)nc3)n2)cc1. The van der Waals surface area contributed by atoms with Crippen molar-refractivity contribution in [2.24, 2.45) is 0 Å². The molecule has 1 aromatic carbocycles. The fraction of sp³-hybridized carbons (Fsp3) is 0.118. The van der Waals surface area contributed by atoms with E-state index in [0.29, 0.717) is 21.5 Å². The first-order valence-electron chi connectivity index (χ1n) is 7.69. The zero-order valence-electron chi connectivity index (χ0n) is 14.4. The number of amides is 1. The van der Waals surface area contributed by atoms with Crippen LogP contribution in [0.1, 0.15) is 10.4 Å². The molecule has 0 atom stereocenters. The van der Waals surface area contributed by atoms with E-state index in [-0.39, 0.29) is 10.8 Å². The highest BCUT2D eigenvalue weighted by Gasteiger charge is 2.17. The zero-order chi connectivity index (χ0) is 19.6. The van der Waals surface area contributed by atoms with Crippen molar-refractivity contribution in [1.29, 1.82) is 0 Å². The lowest BCUT2D eigenvalue weighted by molar-refractivity contribution is 0.102. The maximum Gasteiger partial charge on any atom is 0.259 e. The van der Waals surface area contributed by atoms with Crippen molar-refractivity contribution in [2.45, 2.75) is 4.90 Å². The minimum absolute atomic E-state index is 0.204. The Bertz CT molecular complexity index is 1060. The van der Waals surface area contributed by atoms with E-state index in [2.05, 4.69) is 15.3 Å². The first-order valence-corrected chi connectivity index (χ1v) is 10.4. The lowest BCUT2D eigenvalue weighted by atomic mass is 10.2. The predicted molar refractivity (Wildman–Crippen MR) is 106 cm³/mol. The Morgan fingerprint density at radius 3 is 2.44 bits per heavy atom. The highest BCUT2D eigenvalue weighted by molar-refractivity contribution is 7.89. The van der Waals surface area contributed by atoms with Crippen molar-refractivity contribution in [3.05, 3.63) is 58.7 Å². The van der Waals surface area contributed by atoms with Crippen LogP contribution < -0.4 is 5.32 Å². The van der Waals surface area contributed by atoms with Gasteiger partial charge in [-0.15, -0.1) is 11.3 Å². The minimum Gasteiger partial charge on any atom is -0.298 e. The predicted octanol–water partition coefficient (Wildman–Crippen LogP) is 3.36. The van der Waals surface area contributed by atoms with Crippen LogP contribution in [0, 0.1) is 0 Å². The highest BCUT2D eigenvalue weighted by atomic mass is 35.5. The molecule has 0 aliphatic carbocycles. The van der Waals surface area contributed by atoms with Gasteiger partial charge in [0, 0.05) is 31.2 Å². The number of anilines is 1. The van der Waals surface area contributed by atoms with E-state index in [0.717, 1.165) is 9.87 Å². The average molecular weight is 423 g/mol. The summed E-state index contributed by atoms with van der Waals surface area (Å²) in [6.45, 7) is 0. The van der Waals surface area contributed by atoms with Gasteiger partial charge in [-0.1, -0.05) is 23.7 Å². The van der Waals surface area contributed by atoms with Gasteiger partial charge in [0.2, 0.25) is 10.0 Å². The highest BCUT2D eigenvalue weighted by Crippen LogP contribution is 2.26. The Morgan fingerprint density at radius 2 is 1.85 bits per heavy atom. The van der Waals surface area contributed by atoms with Crippen molar-refractivity contribution < 1.29 is 13.2 Å². The zero-order valence-corrected chi connectivity index (χ0v) is 16.8. The van der Waals surface area contributed by atoms with E-state index >= 15 is 0 Å². The number of benzene rings is 1. The van der Waals surface area contributed by atoms with Gasteiger partial charge in [0.05, 0.1) is 16.2 Å². The van der Waals surface area contributed by atoms with Gasteiger partial charge in [-0.2, -0.15) is 0 Å². The molecule has 27 heavy (non-hydrogen) atoms. The second-order valence-electron chi connectivity index (χ2n) is 5.67. The molecule has 1 N–H and O–H groups in total. The van der Waals surface area contributed by atoms with Crippen molar-refractivity contribution >= 4 is 44.0 Å². The molecule has 0 bridgehead atoms. The maximum atomic E-state index is 12.2. The first-order chi connectivity index (χ1) is 12.8. The fourth-order valence-electron chi connectivity index (χ4n) is 2.15. The average Bonchev–Trinajstić information content (AvgIpc) is 3.10. The summed E-state index contributed by atoms with van der Waals surface area (Å²) >= 11 is 6.98. The quantitative estimate of drug-likeness (QED) is 0.636. The van der Waals surface area contributed by atoms with E-state index < -0.39 is 10.0 Å². The third-order valence-corrected chi connectivity index (χ3v) is 6.45. The number of carbonyl (C=O) groups excluding carboxylic acids is 1. The third-order valence-electron chi connectivity index (χ3n) is 3.64. The summed E-state index contributed by atoms with van der Waals surface area (Å²) in [4.78, 5) is 20.6. The van der Waals surface area contributed by atoms with Crippen molar-refractivity contribution in [3.8, 4) is 11.3 Å². The second kappa shape index (κ2) is 7.73. The van der Waals surface area contributed by atoms with Gasteiger partial charge >= 0.3 is 0 Å². The Labute approximate surface area is 165 Å². The Balaban J connectivity index is 1.76. The Morgan fingerprint density at radius 1 is 1.15 bits per heavy atom. The number of hydrogen-bond donors (Lipinski definition) is 1. The van der Waals surface area contributed by atoms with Gasteiger partial charge in [0.1, 0.15) is 5.15 Å². The van der Waals surface area contributed by atoms with Crippen LogP contribution in [-0.4, -0.2) is 42.7 Å². The Kier molecular flexibility index (Phi) is 5.56. The van der Waals surface area contributed by atoms with E-state index in [1.165, 1.54) is 49.8 Å². The summed E-state index contributed by atoms with van der Waals surface area (Å²) in [5.41, 5.74) is 1.75. The standard InChI is InChI=1S/C17H15ClN4O3S2/c1-22(2)27(24,25)13-6-3-11(4-7-13)14-10-26-17(20-14)21-16(23)12-5-8-15(18)19-9-12/h3-10H,1-2H3,(H,20,21,23). The molecule has 0 saturated carbocycles. The van der Waals surface area contributed by atoms with Gasteiger partial charge in [-0.25, -0.2) is 22.7 Å². The molecule has 0 aliphatic heterocycles. The molecule has 7 nitrogen and oxygen atoms in total. The number of thiazole rings is 1. The van der Waals surface area contributed by atoms with Crippen LogP contribution in [0.3, 0.4) is 0 Å². The van der Waals surface area contributed by atoms with Crippen LogP contribution in [0.2, 0.25) is 5.15 Å². The molecule has 2 heterocycles. The number of hydrogen-bond acceptors (Lipinski definition) is 6. The van der Waals surface area contributed by atoms with Crippen LogP contribution in [0.4, 0.5) is 5.13 Å². The van der Waals surface area contributed by atoms with E-state index in [1.807, 2.05) is 0 Å². The fourth-order valence-corrected chi connectivity index (χ4v) is 3.88. The summed E-state index contributed by atoms with van der Waals surface area (Å²) in [6, 6.07) is 9.53. The summed E-state index contributed by atoms with van der Waals surface area (Å²) in [5.74, 6) is -0.340. The molecule has 0 spiro atoms. The number of carbonyl (C=O) groups is 1. The lowest BCUT2D eigenvalue weighted by Crippen LogP contribution is -2.22. The molecular formula is C17H15ClN4O3S2. The lowest BCUT2D eigenvalue weighted by Gasteiger charge is -2.11. The van der Waals surface area contributed by atoms with Crippen LogP contribution >= 0.6 is 22.9 Å². The number of aromatic nitrogens is 2. The number of rotatable bonds is 5. The summed E-state index contributed by atoms with van der Waals surface area (Å²) in [6.07, 6.45) is 1.39. The van der Waals surface area contributed by atoms with Crippen LogP contribution in [0.25, 0.3) is 11.3 Å². The number of nitrogens with zero attached hydrogens (tertiary/aromatic N) is 3. The summed E-state index contributed by atoms with van der Waals surface area (Å²) in [5, 5.41) is 5.22. The molecule has 0 radical (unpaired) electrons. The number of nitrogens with one attached hydrogen (secondary N) is 1. The number of sulfonamides is 1. The van der Waals surface area contributed by atoms with E-state index in [9.17, 15) is 13.2 Å². The molecule has 1 amide bonds. The second-order valence-corrected chi connectivity index (χ2v) is 9.07. The summed E-state index contributed by atoms with van der Waals surface area (Å²) in [7, 11) is -0.515. The molecular weight excluding hydrogens is 408 g/mol. The first kappa shape index (κ1) is 19.4. The molecule has 0 saturated heterocycles. The van der Waals surface area contributed by atoms with Gasteiger partial charge in [0.15, 0.2) is 5.13 Å². The Hall–Kier alpha value is -2.33. The van der Waals surface area contributed by atoms with E-state index in [4.69, 9.17) is 11.6 Å². The number of pyridine rings is 1. The van der Waals surface area contributed by atoms with Gasteiger partial charge in [0.25, 0.3) is 5.91 Å². The van der Waals surface area contributed by atoms with Gasteiger partial charge in [-0.3, -0.25) is 10.1 Å². The third kappa shape index (κ3) is 4.33. The maximum absolute atomic E-state index is 12.2. The monoisotopic (exact) mass is 422 g/mol. The largest absolute Gasteiger partial charge is 0.298 e. The summed E-state index contributed by atoms with van der Waals surface area (Å²) < 4.78 is 25.4. The van der Waals surface area contributed by atoms with Crippen LogP contribution in [0.5, 0.6) is 0 Å². The van der Waals surface area contributed by atoms with Crippen molar-refractivity contribution in [1.82, 2.24) is 14.3 Å². The van der Waals surface area contributed by atoms with Crippen molar-refractivity contribution in [3.63, 3.8) is 0 Å². The minimum atomic E-state index is -3.48. The van der Waals surface area contributed by atoms with Crippen molar-refractivity contribution in [2.75, 3.05) is 19.4 Å². The van der Waals surface area contributed by atoms with Gasteiger partial charge < -0.3 is 0 Å². The normalized spacial score (nSPS) is 11.6. The molecule has 3 rings (SSSR count).